The number of carbonyl (C=O) groups is 2. The molecule has 3 N–H and O–H groups in total. The van der Waals surface area contributed by atoms with Crippen molar-refractivity contribution in [1.29, 1.82) is 0 Å². The highest BCUT2D eigenvalue weighted by Crippen LogP contribution is 2.30. The molecule has 1 aliphatic rings. The van der Waals surface area contributed by atoms with E-state index in [1.807, 2.05) is 30.3 Å². The second-order valence-corrected chi connectivity index (χ2v) is 5.84. The van der Waals surface area contributed by atoms with Crippen LogP contribution in [0.25, 0.3) is 10.8 Å². The summed E-state index contributed by atoms with van der Waals surface area (Å²) in [5, 5.41) is 4.87. The molecule has 0 saturated carbocycles. The summed E-state index contributed by atoms with van der Waals surface area (Å²) in [5.74, 6) is 0.320. The van der Waals surface area contributed by atoms with E-state index in [0.717, 1.165) is 17.2 Å². The fourth-order valence-electron chi connectivity index (χ4n) is 3.20. The number of carbonyl (C=O) groups excluding carboxylic acids is 2. The summed E-state index contributed by atoms with van der Waals surface area (Å²) < 4.78 is 5.42. The van der Waals surface area contributed by atoms with Crippen LogP contribution in [-0.4, -0.2) is 43.0 Å². The Balaban J connectivity index is 0.00000225. The second-order valence-electron chi connectivity index (χ2n) is 5.84. The summed E-state index contributed by atoms with van der Waals surface area (Å²) >= 11 is 0. The van der Waals surface area contributed by atoms with E-state index in [1.54, 1.807) is 18.1 Å². The number of anilines is 1. The Morgan fingerprint density at radius 3 is 2.80 bits per heavy atom. The molecule has 6 nitrogen and oxygen atoms in total. The lowest BCUT2D eigenvalue weighted by Gasteiger charge is -2.23. The Bertz CT molecular complexity index is 781. The van der Waals surface area contributed by atoms with Crippen molar-refractivity contribution in [3.05, 3.63) is 36.4 Å². The lowest BCUT2D eigenvalue weighted by atomic mass is 10.1. The van der Waals surface area contributed by atoms with Crippen molar-refractivity contribution in [3.63, 3.8) is 0 Å². The summed E-state index contributed by atoms with van der Waals surface area (Å²) in [6, 6.07) is 11.1. The van der Waals surface area contributed by atoms with Crippen molar-refractivity contribution in [2.24, 2.45) is 5.73 Å². The Labute approximate surface area is 152 Å². The van der Waals surface area contributed by atoms with Crippen LogP contribution < -0.4 is 15.8 Å². The van der Waals surface area contributed by atoms with Crippen LogP contribution in [-0.2, 0) is 9.59 Å². The monoisotopic (exact) mass is 363 g/mol. The van der Waals surface area contributed by atoms with Crippen molar-refractivity contribution in [2.45, 2.75) is 18.9 Å². The van der Waals surface area contributed by atoms with Gasteiger partial charge in [0.05, 0.1) is 13.7 Å². The maximum atomic E-state index is 12.6. The molecule has 1 fully saturated rings. The number of nitrogens with one attached hydrogen (secondary N) is 1. The molecule has 0 aliphatic carbocycles. The smallest absolute Gasteiger partial charge is 0.247 e. The minimum Gasteiger partial charge on any atom is -0.496 e. The molecule has 134 valence electrons. The summed E-state index contributed by atoms with van der Waals surface area (Å²) in [5.41, 5.74) is 6.08. The third-order valence-electron chi connectivity index (χ3n) is 4.36. The Morgan fingerprint density at radius 2 is 2.08 bits per heavy atom. The van der Waals surface area contributed by atoms with Gasteiger partial charge in [-0.05, 0) is 24.3 Å². The molecule has 0 unspecified atom stereocenters. The van der Waals surface area contributed by atoms with Gasteiger partial charge < -0.3 is 20.7 Å². The zero-order valence-electron chi connectivity index (χ0n) is 14.0. The van der Waals surface area contributed by atoms with Crippen molar-refractivity contribution in [3.8, 4) is 5.75 Å². The average Bonchev–Trinajstić information content (AvgIpc) is 3.10. The summed E-state index contributed by atoms with van der Waals surface area (Å²) in [6.07, 6.45) is 1.47. The molecule has 25 heavy (non-hydrogen) atoms. The van der Waals surface area contributed by atoms with Crippen LogP contribution in [0.3, 0.4) is 0 Å². The van der Waals surface area contributed by atoms with Gasteiger partial charge in [0, 0.05) is 23.7 Å². The number of nitrogens with two attached hydrogens (primary N) is 1. The van der Waals surface area contributed by atoms with E-state index in [9.17, 15) is 9.59 Å². The molecule has 7 heteroatoms. The Hall–Kier alpha value is -2.31. The number of hydrogen-bond acceptors (Lipinski definition) is 4. The molecule has 1 heterocycles. The number of fused-ring (bicyclic) bond motifs is 1. The molecule has 0 radical (unpaired) electrons. The van der Waals surface area contributed by atoms with Gasteiger partial charge in [0.25, 0.3) is 0 Å². The third-order valence-corrected chi connectivity index (χ3v) is 4.36. The van der Waals surface area contributed by atoms with Crippen LogP contribution >= 0.6 is 12.4 Å². The molecule has 0 aromatic heterocycles. The molecule has 1 aliphatic heterocycles. The number of methoxy groups -OCH3 is 1. The summed E-state index contributed by atoms with van der Waals surface area (Å²) in [4.78, 5) is 26.0. The average molecular weight is 364 g/mol. The highest BCUT2D eigenvalue weighted by atomic mass is 35.5. The standard InChI is InChI=1S/C18H21N3O3.ClH/c1-24-16-10-13(9-12-5-2-3-6-14(12)16)20-18(23)15-7-4-8-21(15)17(22)11-19;/h2-3,5-6,9-10,15H,4,7-8,11,19H2,1H3,(H,20,23);1H/t15-;/m0./s1. The maximum absolute atomic E-state index is 12.6. The van der Waals surface area contributed by atoms with Crippen LogP contribution in [0.15, 0.2) is 36.4 Å². The predicted octanol–water partition coefficient (Wildman–Crippen LogP) is 2.16. The molecule has 1 saturated heterocycles. The maximum Gasteiger partial charge on any atom is 0.247 e. The van der Waals surface area contributed by atoms with E-state index in [0.29, 0.717) is 24.4 Å². The molecule has 2 aromatic rings. The third kappa shape index (κ3) is 3.86. The van der Waals surface area contributed by atoms with Gasteiger partial charge in [-0.2, -0.15) is 0 Å². The van der Waals surface area contributed by atoms with Crippen LogP contribution in [0.5, 0.6) is 5.75 Å². The Morgan fingerprint density at radius 1 is 1.32 bits per heavy atom. The molecule has 2 amide bonds. The van der Waals surface area contributed by atoms with Gasteiger partial charge in [-0.3, -0.25) is 9.59 Å². The lowest BCUT2D eigenvalue weighted by Crippen LogP contribution is -2.45. The van der Waals surface area contributed by atoms with Gasteiger partial charge in [0.1, 0.15) is 11.8 Å². The predicted molar refractivity (Wildman–Crippen MR) is 100 cm³/mol. The summed E-state index contributed by atoms with van der Waals surface area (Å²) in [6.45, 7) is 0.503. The molecular weight excluding hydrogens is 342 g/mol. The fourth-order valence-corrected chi connectivity index (χ4v) is 3.20. The number of benzene rings is 2. The number of ether oxygens (including phenoxy) is 1. The van der Waals surface area contributed by atoms with Crippen LogP contribution in [0, 0.1) is 0 Å². The van der Waals surface area contributed by atoms with E-state index in [-0.39, 0.29) is 30.8 Å². The van der Waals surface area contributed by atoms with Crippen LogP contribution in [0.4, 0.5) is 5.69 Å². The zero-order valence-corrected chi connectivity index (χ0v) is 14.8. The number of rotatable bonds is 4. The van der Waals surface area contributed by atoms with Crippen molar-refractivity contribution in [1.82, 2.24) is 4.90 Å². The molecule has 1 atom stereocenters. The first-order chi connectivity index (χ1) is 11.6. The van der Waals surface area contributed by atoms with Gasteiger partial charge in [0.15, 0.2) is 0 Å². The van der Waals surface area contributed by atoms with Crippen molar-refractivity contribution < 1.29 is 14.3 Å². The van der Waals surface area contributed by atoms with E-state index in [2.05, 4.69) is 5.32 Å². The normalized spacial score (nSPS) is 16.4. The van der Waals surface area contributed by atoms with Crippen molar-refractivity contribution in [2.75, 3.05) is 25.5 Å². The van der Waals surface area contributed by atoms with E-state index in [4.69, 9.17) is 10.5 Å². The second kappa shape index (κ2) is 8.18. The molecule has 0 bridgehead atoms. The highest BCUT2D eigenvalue weighted by molar-refractivity contribution is 6.00. The van der Waals surface area contributed by atoms with Gasteiger partial charge in [0.2, 0.25) is 11.8 Å². The zero-order chi connectivity index (χ0) is 17.1. The number of likely N-dealkylation sites (tertiary alicyclic amines) is 1. The van der Waals surface area contributed by atoms with E-state index >= 15 is 0 Å². The first-order valence-electron chi connectivity index (χ1n) is 8.01. The number of halogens is 1. The van der Waals surface area contributed by atoms with Gasteiger partial charge >= 0.3 is 0 Å². The van der Waals surface area contributed by atoms with Gasteiger partial charge in [-0.1, -0.05) is 24.3 Å². The first-order valence-corrected chi connectivity index (χ1v) is 8.01. The molecular formula is C18H22ClN3O3. The first kappa shape index (κ1) is 19.0. The number of amides is 2. The number of hydrogen-bond donors (Lipinski definition) is 2. The minimum absolute atomic E-state index is 0. The quantitative estimate of drug-likeness (QED) is 0.871. The van der Waals surface area contributed by atoms with E-state index < -0.39 is 6.04 Å². The SMILES string of the molecule is COc1cc(NC(=O)[C@@H]2CCCN2C(=O)CN)cc2ccccc12.Cl. The largest absolute Gasteiger partial charge is 0.496 e. The van der Waals surface area contributed by atoms with Gasteiger partial charge in [-0.25, -0.2) is 0 Å². The lowest BCUT2D eigenvalue weighted by molar-refractivity contribution is -0.135. The molecule has 2 aromatic carbocycles. The van der Waals surface area contributed by atoms with Crippen LogP contribution in [0.1, 0.15) is 12.8 Å². The minimum atomic E-state index is -0.460. The Kier molecular flexibility index (Phi) is 6.22. The highest BCUT2D eigenvalue weighted by Gasteiger charge is 2.33. The molecule has 3 rings (SSSR count). The summed E-state index contributed by atoms with van der Waals surface area (Å²) in [7, 11) is 1.60. The fraction of sp³-hybridized carbons (Fsp3) is 0.333. The van der Waals surface area contributed by atoms with Gasteiger partial charge in [-0.15, -0.1) is 12.4 Å². The molecule has 0 spiro atoms. The number of nitrogens with zero attached hydrogens (tertiary/aromatic N) is 1. The van der Waals surface area contributed by atoms with Crippen molar-refractivity contribution >= 4 is 40.7 Å². The van der Waals surface area contributed by atoms with E-state index in [1.165, 1.54) is 0 Å². The van der Waals surface area contributed by atoms with Crippen LogP contribution in [0.2, 0.25) is 0 Å². The topological polar surface area (TPSA) is 84.7 Å².